The zero-order valence-electron chi connectivity index (χ0n) is 13.2. The molecular weight excluding hydrogens is 284 g/mol. The molecule has 1 amide bonds. The Hall–Kier alpha value is -2.11. The van der Waals surface area contributed by atoms with Crippen LogP contribution in [0.25, 0.3) is 0 Å². The minimum atomic E-state index is -1.15. The molecule has 6 heteroatoms. The Morgan fingerprint density at radius 2 is 2.05 bits per heavy atom. The quantitative estimate of drug-likeness (QED) is 0.527. The number of ether oxygens (including phenoxy) is 1. The highest BCUT2D eigenvalue weighted by Gasteiger charge is 2.75. The fourth-order valence-corrected chi connectivity index (χ4v) is 3.51. The van der Waals surface area contributed by atoms with E-state index in [0.717, 1.165) is 0 Å². The van der Waals surface area contributed by atoms with Crippen LogP contribution in [-0.2, 0) is 14.3 Å². The zero-order chi connectivity index (χ0) is 16.2. The summed E-state index contributed by atoms with van der Waals surface area (Å²) in [5.41, 5.74) is 0.748. The van der Waals surface area contributed by atoms with Crippen LogP contribution < -0.4 is 5.43 Å². The van der Waals surface area contributed by atoms with E-state index >= 15 is 0 Å². The van der Waals surface area contributed by atoms with Gasteiger partial charge in [-0.25, -0.2) is 5.43 Å². The number of amides is 1. The molecule has 0 aromatic carbocycles. The second kappa shape index (κ2) is 4.44. The smallest absolute Gasteiger partial charge is 0.313 e. The van der Waals surface area contributed by atoms with Gasteiger partial charge in [0.2, 0.25) is 0 Å². The second-order valence-electron chi connectivity index (χ2n) is 6.79. The van der Waals surface area contributed by atoms with Gasteiger partial charge in [0.25, 0.3) is 5.91 Å². The Morgan fingerprint density at radius 1 is 1.32 bits per heavy atom. The van der Waals surface area contributed by atoms with Crippen LogP contribution in [0.4, 0.5) is 0 Å². The van der Waals surface area contributed by atoms with Gasteiger partial charge in [0.05, 0.1) is 11.7 Å². The summed E-state index contributed by atoms with van der Waals surface area (Å²) < 4.78 is 10.7. The molecule has 2 atom stereocenters. The molecule has 2 aliphatic rings. The molecule has 1 aliphatic heterocycles. The Labute approximate surface area is 128 Å². The van der Waals surface area contributed by atoms with E-state index in [1.165, 1.54) is 0 Å². The standard InChI is InChI=1S/C16H20N2O4/c1-10(11-6-5-9-21-11)17-18-12(19)16-8-7-15(4,13(20)22-16)14(16,2)3/h5-6,9H,7-8H2,1-4H3,(H,18,19). The number of nitrogens with one attached hydrogen (secondary N) is 1. The van der Waals surface area contributed by atoms with Crippen molar-refractivity contribution in [1.29, 1.82) is 0 Å². The van der Waals surface area contributed by atoms with E-state index < -0.39 is 16.4 Å². The molecule has 2 bridgehead atoms. The maximum Gasteiger partial charge on any atom is 0.313 e. The number of hydrogen-bond donors (Lipinski definition) is 1. The lowest BCUT2D eigenvalue weighted by molar-refractivity contribution is -0.168. The lowest BCUT2D eigenvalue weighted by Gasteiger charge is -2.34. The molecular formula is C16H20N2O4. The topological polar surface area (TPSA) is 80.9 Å². The summed E-state index contributed by atoms with van der Waals surface area (Å²) in [6.07, 6.45) is 2.70. The summed E-state index contributed by atoms with van der Waals surface area (Å²) in [5.74, 6) is -0.0969. The van der Waals surface area contributed by atoms with Crippen molar-refractivity contribution in [2.75, 3.05) is 0 Å². The fraction of sp³-hybridized carbons (Fsp3) is 0.562. The third-order valence-electron chi connectivity index (χ3n) is 5.65. The maximum absolute atomic E-state index is 12.7. The number of hydrazone groups is 1. The minimum Gasteiger partial charge on any atom is -0.463 e. The monoisotopic (exact) mass is 304 g/mol. The second-order valence-corrected chi connectivity index (χ2v) is 6.79. The molecule has 2 unspecified atom stereocenters. The first-order chi connectivity index (χ1) is 10.2. The van der Waals surface area contributed by atoms with Crippen molar-refractivity contribution in [3.8, 4) is 0 Å². The van der Waals surface area contributed by atoms with Crippen molar-refractivity contribution in [3.63, 3.8) is 0 Å². The fourth-order valence-electron chi connectivity index (χ4n) is 3.51. The summed E-state index contributed by atoms with van der Waals surface area (Å²) >= 11 is 0. The molecule has 3 rings (SSSR count). The van der Waals surface area contributed by atoms with Gasteiger partial charge in [-0.3, -0.25) is 9.59 Å². The minimum absolute atomic E-state index is 0.300. The number of nitrogens with zero attached hydrogens (tertiary/aromatic N) is 1. The Kier molecular flexibility index (Phi) is 2.99. The van der Waals surface area contributed by atoms with E-state index in [9.17, 15) is 9.59 Å². The van der Waals surface area contributed by atoms with Crippen molar-refractivity contribution < 1.29 is 18.7 Å². The van der Waals surface area contributed by atoms with Crippen molar-refractivity contribution in [1.82, 2.24) is 5.43 Å². The largest absolute Gasteiger partial charge is 0.463 e. The van der Waals surface area contributed by atoms with Gasteiger partial charge < -0.3 is 9.15 Å². The molecule has 118 valence electrons. The molecule has 2 fully saturated rings. The summed E-state index contributed by atoms with van der Waals surface area (Å²) in [6.45, 7) is 7.43. The number of furan rings is 1. The van der Waals surface area contributed by atoms with Crippen LogP contribution in [0.5, 0.6) is 0 Å². The highest BCUT2D eigenvalue weighted by Crippen LogP contribution is 2.65. The Bertz CT molecular complexity index is 662. The molecule has 0 radical (unpaired) electrons. The van der Waals surface area contributed by atoms with Gasteiger partial charge in [-0.15, -0.1) is 0 Å². The molecule has 1 aliphatic carbocycles. The van der Waals surface area contributed by atoms with Crippen molar-refractivity contribution >= 4 is 17.6 Å². The summed E-state index contributed by atoms with van der Waals surface area (Å²) in [6, 6.07) is 3.51. The van der Waals surface area contributed by atoms with Gasteiger partial charge >= 0.3 is 5.97 Å². The highest BCUT2D eigenvalue weighted by atomic mass is 16.6. The van der Waals surface area contributed by atoms with E-state index in [4.69, 9.17) is 9.15 Å². The predicted octanol–water partition coefficient (Wildman–Crippen LogP) is 2.24. The molecule has 6 nitrogen and oxygen atoms in total. The number of fused-ring (bicyclic) bond motifs is 2. The summed E-state index contributed by atoms with van der Waals surface area (Å²) in [5, 5.41) is 4.07. The average Bonchev–Trinajstić information content (AvgIpc) is 3.10. The summed E-state index contributed by atoms with van der Waals surface area (Å²) in [7, 11) is 0. The molecule has 1 N–H and O–H groups in total. The predicted molar refractivity (Wildman–Crippen MR) is 79.0 cm³/mol. The van der Waals surface area contributed by atoms with E-state index in [2.05, 4.69) is 10.5 Å². The van der Waals surface area contributed by atoms with Gasteiger partial charge in [-0.2, -0.15) is 5.10 Å². The van der Waals surface area contributed by atoms with E-state index in [1.54, 1.807) is 25.3 Å². The van der Waals surface area contributed by atoms with E-state index in [1.807, 2.05) is 20.8 Å². The number of hydrogen-bond acceptors (Lipinski definition) is 5. The van der Waals surface area contributed by atoms with Crippen LogP contribution in [0.3, 0.4) is 0 Å². The molecule has 1 saturated carbocycles. The average molecular weight is 304 g/mol. The number of carbonyl (C=O) groups excluding carboxylic acids is 2. The third-order valence-corrected chi connectivity index (χ3v) is 5.65. The number of carbonyl (C=O) groups is 2. The van der Waals surface area contributed by atoms with Crippen molar-refractivity contribution in [2.24, 2.45) is 15.9 Å². The maximum atomic E-state index is 12.7. The lowest BCUT2D eigenvalue weighted by Crippen LogP contribution is -2.52. The molecule has 1 saturated heterocycles. The van der Waals surface area contributed by atoms with Crippen LogP contribution in [0, 0.1) is 10.8 Å². The van der Waals surface area contributed by atoms with Crippen LogP contribution in [0.2, 0.25) is 0 Å². The van der Waals surface area contributed by atoms with E-state index in [-0.39, 0.29) is 11.9 Å². The zero-order valence-corrected chi connectivity index (χ0v) is 13.2. The van der Waals surface area contributed by atoms with Gasteiger partial charge in [-0.05, 0) is 38.8 Å². The normalized spacial score (nSPS) is 32.9. The molecule has 1 aromatic heterocycles. The first-order valence-corrected chi connectivity index (χ1v) is 7.37. The van der Waals surface area contributed by atoms with Crippen LogP contribution in [0.15, 0.2) is 27.9 Å². The molecule has 0 spiro atoms. The Morgan fingerprint density at radius 3 is 2.55 bits per heavy atom. The van der Waals surface area contributed by atoms with Gasteiger partial charge in [0.15, 0.2) is 5.60 Å². The van der Waals surface area contributed by atoms with Crippen LogP contribution in [-0.4, -0.2) is 23.2 Å². The van der Waals surface area contributed by atoms with Gasteiger partial charge in [-0.1, -0.05) is 13.8 Å². The van der Waals surface area contributed by atoms with Crippen molar-refractivity contribution in [3.05, 3.63) is 24.2 Å². The molecule has 1 aromatic rings. The first-order valence-electron chi connectivity index (χ1n) is 7.37. The van der Waals surface area contributed by atoms with Gasteiger partial charge in [0, 0.05) is 5.41 Å². The molecule has 22 heavy (non-hydrogen) atoms. The third kappa shape index (κ3) is 1.63. The first kappa shape index (κ1) is 14.8. The number of esters is 1. The lowest BCUT2D eigenvalue weighted by atomic mass is 9.66. The van der Waals surface area contributed by atoms with Crippen LogP contribution >= 0.6 is 0 Å². The SMILES string of the molecule is CC(=NNC(=O)C12CCC(C)(C(=O)O1)C2(C)C)c1ccco1. The molecule has 2 heterocycles. The van der Waals surface area contributed by atoms with E-state index in [0.29, 0.717) is 24.3 Å². The van der Waals surface area contributed by atoms with Gasteiger partial charge in [0.1, 0.15) is 11.5 Å². The highest BCUT2D eigenvalue weighted by molar-refractivity contribution is 5.99. The van der Waals surface area contributed by atoms with Crippen LogP contribution in [0.1, 0.15) is 46.3 Å². The Balaban J connectivity index is 1.84. The summed E-state index contributed by atoms with van der Waals surface area (Å²) in [4.78, 5) is 24.8. The van der Waals surface area contributed by atoms with Crippen molar-refractivity contribution in [2.45, 2.75) is 46.1 Å². The number of rotatable bonds is 3.